The maximum absolute atomic E-state index is 8.51. The summed E-state index contributed by atoms with van der Waals surface area (Å²) in [6.07, 6.45) is 2.63. The number of rotatable bonds is 6. The second-order valence-corrected chi connectivity index (χ2v) is 8.06. The molecule has 0 radical (unpaired) electrons. The van der Waals surface area contributed by atoms with Crippen LogP contribution in [0.25, 0.3) is 5.57 Å². The van der Waals surface area contributed by atoms with Crippen molar-refractivity contribution in [3.63, 3.8) is 0 Å². The van der Waals surface area contributed by atoms with E-state index in [0.717, 1.165) is 40.1 Å². The quantitative estimate of drug-likeness (QED) is 0.404. The van der Waals surface area contributed by atoms with Gasteiger partial charge in [0.1, 0.15) is 16.7 Å². The fourth-order valence-electron chi connectivity index (χ4n) is 2.85. The Morgan fingerprint density at radius 3 is 2.35 bits per heavy atom. The van der Waals surface area contributed by atoms with Crippen molar-refractivity contribution < 1.29 is 0 Å². The van der Waals surface area contributed by atoms with E-state index in [0.29, 0.717) is 23.1 Å². The van der Waals surface area contributed by atoms with Crippen molar-refractivity contribution in [1.29, 1.82) is 10.8 Å². The van der Waals surface area contributed by atoms with Crippen LogP contribution in [0.3, 0.4) is 0 Å². The number of nitrogens with zero attached hydrogens (tertiary/aromatic N) is 1. The van der Waals surface area contributed by atoms with Gasteiger partial charge in [-0.1, -0.05) is 43.7 Å². The smallest absolute Gasteiger partial charge is 0.110 e. The highest BCUT2D eigenvalue weighted by atomic mass is 35.5. The predicted molar refractivity (Wildman–Crippen MR) is 117 cm³/mol. The average molecular weight is 388 g/mol. The van der Waals surface area contributed by atoms with Gasteiger partial charge in [0.25, 0.3) is 0 Å². The molecule has 0 bridgehead atoms. The maximum atomic E-state index is 8.51. The molecule has 0 aliphatic carbocycles. The van der Waals surface area contributed by atoms with Gasteiger partial charge in [0.05, 0.1) is 0 Å². The minimum Gasteiger partial charge on any atom is -0.288 e. The lowest BCUT2D eigenvalue weighted by Crippen LogP contribution is -2.34. The lowest BCUT2D eigenvalue weighted by atomic mass is 9.97. The molecule has 0 aliphatic rings. The second-order valence-electron chi connectivity index (χ2n) is 6.42. The number of thiophene rings is 1. The van der Waals surface area contributed by atoms with E-state index in [2.05, 4.69) is 27.4 Å². The Kier molecular flexibility index (Phi) is 6.79. The minimum atomic E-state index is 0.359. The van der Waals surface area contributed by atoms with Gasteiger partial charge in [-0.25, -0.2) is 0 Å². The normalized spacial score (nSPS) is 10.7. The van der Waals surface area contributed by atoms with Crippen molar-refractivity contribution in [2.45, 2.75) is 47.0 Å². The molecule has 0 spiro atoms. The van der Waals surface area contributed by atoms with E-state index in [1.165, 1.54) is 4.88 Å². The van der Waals surface area contributed by atoms with Crippen LogP contribution in [0.5, 0.6) is 0 Å². The summed E-state index contributed by atoms with van der Waals surface area (Å²) in [7, 11) is 0. The third-order valence-corrected chi connectivity index (χ3v) is 5.88. The summed E-state index contributed by atoms with van der Waals surface area (Å²) in [5.41, 5.74) is 4.06. The standard InChI is InChI=1S/C21H26ClN3S/c1-6-7-8-19(24)25(16(5)23)21-20(13(2)15(4)26-21)14(3)17-9-11-18(22)12-10-17/h9-12,23-24H,3,6-8H2,1-2,4-5H3. The van der Waals surface area contributed by atoms with Crippen LogP contribution in [0.15, 0.2) is 30.8 Å². The molecular weight excluding hydrogens is 362 g/mol. The van der Waals surface area contributed by atoms with E-state index >= 15 is 0 Å². The number of amidine groups is 2. The molecule has 2 aromatic rings. The molecule has 2 N–H and O–H groups in total. The molecule has 26 heavy (non-hydrogen) atoms. The number of aryl methyl sites for hydroxylation is 1. The van der Waals surface area contributed by atoms with Gasteiger partial charge >= 0.3 is 0 Å². The van der Waals surface area contributed by atoms with Crippen LogP contribution in [-0.2, 0) is 0 Å². The van der Waals surface area contributed by atoms with E-state index in [1.807, 2.05) is 24.3 Å². The highest BCUT2D eigenvalue weighted by molar-refractivity contribution is 7.17. The number of benzene rings is 1. The molecule has 1 aromatic heterocycles. The number of halogens is 1. The van der Waals surface area contributed by atoms with E-state index in [-0.39, 0.29) is 0 Å². The summed E-state index contributed by atoms with van der Waals surface area (Å²) in [6.45, 7) is 12.3. The van der Waals surface area contributed by atoms with Gasteiger partial charge < -0.3 is 0 Å². The Morgan fingerprint density at radius 1 is 1.19 bits per heavy atom. The molecule has 1 aromatic carbocycles. The van der Waals surface area contributed by atoms with E-state index in [1.54, 1.807) is 23.2 Å². The summed E-state index contributed by atoms with van der Waals surface area (Å²) in [6, 6.07) is 7.65. The molecule has 0 fully saturated rings. The fourth-order valence-corrected chi connectivity index (χ4v) is 4.24. The maximum Gasteiger partial charge on any atom is 0.110 e. The number of hydrogen-bond donors (Lipinski definition) is 2. The van der Waals surface area contributed by atoms with Gasteiger partial charge in [-0.05, 0) is 56.0 Å². The topological polar surface area (TPSA) is 50.9 Å². The predicted octanol–water partition coefficient (Wildman–Crippen LogP) is 7.05. The molecule has 3 nitrogen and oxygen atoms in total. The van der Waals surface area contributed by atoms with Gasteiger partial charge in [-0.15, -0.1) is 11.3 Å². The van der Waals surface area contributed by atoms with Crippen molar-refractivity contribution >= 4 is 45.2 Å². The van der Waals surface area contributed by atoms with Crippen molar-refractivity contribution in [1.82, 2.24) is 0 Å². The Labute approximate surface area is 165 Å². The zero-order chi connectivity index (χ0) is 19.4. The molecule has 1 heterocycles. The summed E-state index contributed by atoms with van der Waals surface area (Å²) in [5.74, 6) is 0.822. The van der Waals surface area contributed by atoms with Gasteiger partial charge in [-0.2, -0.15) is 0 Å². The third kappa shape index (κ3) is 4.25. The zero-order valence-electron chi connectivity index (χ0n) is 15.9. The van der Waals surface area contributed by atoms with E-state index < -0.39 is 0 Å². The number of unbranched alkanes of at least 4 members (excludes halogenated alkanes) is 1. The summed E-state index contributed by atoms with van der Waals surface area (Å²) < 4.78 is 0. The van der Waals surface area contributed by atoms with Gasteiger partial charge in [0.2, 0.25) is 0 Å². The molecule has 0 unspecified atom stereocenters. The molecule has 0 aliphatic heterocycles. The zero-order valence-corrected chi connectivity index (χ0v) is 17.4. The summed E-state index contributed by atoms with van der Waals surface area (Å²) in [4.78, 5) is 2.94. The number of nitrogens with one attached hydrogen (secondary N) is 2. The molecular formula is C21H26ClN3S. The van der Waals surface area contributed by atoms with Crippen molar-refractivity contribution in [2.24, 2.45) is 0 Å². The van der Waals surface area contributed by atoms with Crippen LogP contribution in [0.4, 0.5) is 5.00 Å². The Hall–Kier alpha value is -1.91. The molecule has 0 saturated heterocycles. The van der Waals surface area contributed by atoms with Crippen LogP contribution in [-0.4, -0.2) is 11.7 Å². The average Bonchev–Trinajstić information content (AvgIpc) is 2.87. The van der Waals surface area contributed by atoms with Crippen LogP contribution < -0.4 is 4.90 Å². The molecule has 0 amide bonds. The van der Waals surface area contributed by atoms with Gasteiger partial charge in [-0.3, -0.25) is 15.7 Å². The van der Waals surface area contributed by atoms with Gasteiger partial charge in [0.15, 0.2) is 0 Å². The Bertz CT molecular complexity index is 834. The first-order valence-corrected chi connectivity index (χ1v) is 9.95. The first kappa shape index (κ1) is 20.4. The highest BCUT2D eigenvalue weighted by Crippen LogP contribution is 2.42. The van der Waals surface area contributed by atoms with E-state index in [9.17, 15) is 0 Å². The third-order valence-electron chi connectivity index (χ3n) is 4.44. The lowest BCUT2D eigenvalue weighted by Gasteiger charge is -2.25. The van der Waals surface area contributed by atoms with Crippen LogP contribution in [0, 0.1) is 24.7 Å². The van der Waals surface area contributed by atoms with Crippen LogP contribution >= 0.6 is 22.9 Å². The van der Waals surface area contributed by atoms with Crippen molar-refractivity contribution in [2.75, 3.05) is 4.90 Å². The molecule has 138 valence electrons. The number of anilines is 1. The summed E-state index contributed by atoms with van der Waals surface area (Å²) >= 11 is 7.64. The fraction of sp³-hybridized carbons (Fsp3) is 0.333. The summed E-state index contributed by atoms with van der Waals surface area (Å²) in [5, 5.41) is 18.4. The first-order chi connectivity index (χ1) is 12.3. The first-order valence-electron chi connectivity index (χ1n) is 8.75. The highest BCUT2D eigenvalue weighted by Gasteiger charge is 2.24. The SMILES string of the molecule is C=C(c1ccc(Cl)cc1)c1c(N(C(C)=N)C(=N)CCCC)sc(C)c1C. The Morgan fingerprint density at radius 2 is 1.81 bits per heavy atom. The monoisotopic (exact) mass is 387 g/mol. The van der Waals surface area contributed by atoms with Crippen molar-refractivity contribution in [3.05, 3.63) is 57.4 Å². The van der Waals surface area contributed by atoms with Gasteiger partial charge in [0, 0.05) is 21.9 Å². The molecule has 0 atom stereocenters. The molecule has 0 saturated carbocycles. The minimum absolute atomic E-state index is 0.359. The lowest BCUT2D eigenvalue weighted by molar-refractivity contribution is 0.827. The van der Waals surface area contributed by atoms with Crippen LogP contribution in [0.2, 0.25) is 5.02 Å². The van der Waals surface area contributed by atoms with Crippen LogP contribution in [0.1, 0.15) is 54.7 Å². The molecule has 5 heteroatoms. The number of hydrogen-bond acceptors (Lipinski definition) is 3. The van der Waals surface area contributed by atoms with E-state index in [4.69, 9.17) is 22.4 Å². The largest absolute Gasteiger partial charge is 0.288 e. The molecule has 2 rings (SSSR count). The van der Waals surface area contributed by atoms with Crippen molar-refractivity contribution in [3.8, 4) is 0 Å². The Balaban J connectivity index is 2.54. The second kappa shape index (κ2) is 8.65.